The van der Waals surface area contributed by atoms with Crippen molar-refractivity contribution in [3.05, 3.63) is 30.2 Å². The van der Waals surface area contributed by atoms with Crippen molar-refractivity contribution in [2.24, 2.45) is 0 Å². The van der Waals surface area contributed by atoms with Crippen LogP contribution in [0.3, 0.4) is 0 Å². The molecule has 0 fully saturated rings. The predicted octanol–water partition coefficient (Wildman–Crippen LogP) is -0.809. The van der Waals surface area contributed by atoms with Crippen LogP contribution in [0.1, 0.15) is 17.4 Å². The number of esters is 1. The Labute approximate surface area is 97.6 Å². The molecule has 88 valence electrons. The normalized spacial score (nSPS) is 10.5. The van der Waals surface area contributed by atoms with Gasteiger partial charge in [-0.05, 0) is 24.5 Å². The van der Waals surface area contributed by atoms with Gasteiger partial charge in [-0.25, -0.2) is 9.78 Å². The Morgan fingerprint density at radius 2 is 2.35 bits per heavy atom. The second-order valence-electron chi connectivity index (χ2n) is 3.45. The van der Waals surface area contributed by atoms with Crippen molar-refractivity contribution in [2.75, 3.05) is 6.61 Å². The van der Waals surface area contributed by atoms with Gasteiger partial charge in [0, 0.05) is 12.4 Å². The number of imidazole rings is 1. The van der Waals surface area contributed by atoms with Crippen molar-refractivity contribution >= 4 is 24.2 Å². The van der Waals surface area contributed by atoms with Gasteiger partial charge in [0.2, 0.25) is 0 Å². The number of pyridine rings is 1. The van der Waals surface area contributed by atoms with Crippen molar-refractivity contribution in [3.8, 4) is 0 Å². The summed E-state index contributed by atoms with van der Waals surface area (Å²) in [7, 11) is -1.55. The van der Waals surface area contributed by atoms with Crippen LogP contribution in [0.2, 0.25) is 0 Å². The number of ether oxygens (including phenoxy) is 1. The summed E-state index contributed by atoms with van der Waals surface area (Å²) in [6.45, 7) is 2.00. The quantitative estimate of drug-likeness (QED) is 0.536. The Morgan fingerprint density at radius 3 is 3.00 bits per heavy atom. The van der Waals surface area contributed by atoms with Crippen LogP contribution in [0.4, 0.5) is 0 Å². The molecule has 0 radical (unpaired) electrons. The Balaban J connectivity index is 2.40. The number of fused-ring (bicyclic) bond motifs is 1. The van der Waals surface area contributed by atoms with Gasteiger partial charge in [-0.3, -0.25) is 0 Å². The van der Waals surface area contributed by atoms with Gasteiger partial charge in [-0.15, -0.1) is 0 Å². The van der Waals surface area contributed by atoms with Gasteiger partial charge in [-0.1, -0.05) is 0 Å². The van der Waals surface area contributed by atoms with E-state index in [0.717, 1.165) is 0 Å². The molecule has 2 aromatic rings. The maximum absolute atomic E-state index is 11.4. The second-order valence-corrected chi connectivity index (χ2v) is 3.45. The molecular weight excluding hydrogens is 223 g/mol. The molecule has 0 aliphatic rings. The first kappa shape index (κ1) is 11.6. The SMILES string of the molecule is CCOC(=O)c1cn2ccc(B(O)O)cc2n1. The predicted molar refractivity (Wildman–Crippen MR) is 61.0 cm³/mol. The lowest BCUT2D eigenvalue weighted by Gasteiger charge is -1.98. The van der Waals surface area contributed by atoms with Gasteiger partial charge >= 0.3 is 13.1 Å². The van der Waals surface area contributed by atoms with E-state index in [0.29, 0.717) is 11.1 Å². The van der Waals surface area contributed by atoms with E-state index in [1.807, 2.05) is 0 Å². The van der Waals surface area contributed by atoms with Gasteiger partial charge in [0.05, 0.1) is 6.61 Å². The van der Waals surface area contributed by atoms with Crippen molar-refractivity contribution in [3.63, 3.8) is 0 Å². The zero-order chi connectivity index (χ0) is 12.4. The van der Waals surface area contributed by atoms with Crippen molar-refractivity contribution in [1.82, 2.24) is 9.38 Å². The Morgan fingerprint density at radius 1 is 1.59 bits per heavy atom. The van der Waals surface area contributed by atoms with E-state index in [1.54, 1.807) is 17.5 Å². The first-order chi connectivity index (χ1) is 8.11. The number of aromatic nitrogens is 2. The van der Waals surface area contributed by atoms with E-state index in [-0.39, 0.29) is 12.3 Å². The molecule has 0 amide bonds. The molecule has 0 aromatic carbocycles. The molecule has 0 saturated carbocycles. The van der Waals surface area contributed by atoms with Crippen LogP contribution in [-0.4, -0.2) is 39.1 Å². The topological polar surface area (TPSA) is 84.1 Å². The third-order valence-electron chi connectivity index (χ3n) is 2.27. The molecule has 2 heterocycles. The monoisotopic (exact) mass is 234 g/mol. The van der Waals surface area contributed by atoms with Crippen LogP contribution in [0.15, 0.2) is 24.5 Å². The lowest BCUT2D eigenvalue weighted by atomic mass is 9.81. The van der Waals surface area contributed by atoms with E-state index in [4.69, 9.17) is 14.8 Å². The van der Waals surface area contributed by atoms with Gasteiger partial charge in [-0.2, -0.15) is 0 Å². The van der Waals surface area contributed by atoms with E-state index in [9.17, 15) is 4.79 Å². The minimum absolute atomic E-state index is 0.191. The maximum Gasteiger partial charge on any atom is 0.488 e. The second kappa shape index (κ2) is 4.56. The fourth-order valence-electron chi connectivity index (χ4n) is 1.46. The number of rotatable bonds is 3. The van der Waals surface area contributed by atoms with Crippen molar-refractivity contribution in [1.29, 1.82) is 0 Å². The van der Waals surface area contributed by atoms with Gasteiger partial charge in [0.25, 0.3) is 0 Å². The summed E-state index contributed by atoms with van der Waals surface area (Å²) in [4.78, 5) is 15.5. The van der Waals surface area contributed by atoms with Crippen LogP contribution in [-0.2, 0) is 4.74 Å². The zero-order valence-corrected chi connectivity index (χ0v) is 9.20. The fourth-order valence-corrected chi connectivity index (χ4v) is 1.46. The molecule has 17 heavy (non-hydrogen) atoms. The van der Waals surface area contributed by atoms with Crippen molar-refractivity contribution in [2.45, 2.75) is 6.92 Å². The third kappa shape index (κ3) is 2.30. The highest BCUT2D eigenvalue weighted by Gasteiger charge is 2.15. The molecule has 0 bridgehead atoms. The summed E-state index contributed by atoms with van der Waals surface area (Å²) in [5, 5.41) is 18.0. The molecule has 2 rings (SSSR count). The number of carbonyl (C=O) groups is 1. The van der Waals surface area contributed by atoms with Gasteiger partial charge < -0.3 is 19.2 Å². The van der Waals surface area contributed by atoms with Crippen LogP contribution >= 0.6 is 0 Å². The zero-order valence-electron chi connectivity index (χ0n) is 9.20. The van der Waals surface area contributed by atoms with Gasteiger partial charge in [0.15, 0.2) is 5.69 Å². The van der Waals surface area contributed by atoms with E-state index >= 15 is 0 Å². The highest BCUT2D eigenvalue weighted by molar-refractivity contribution is 6.58. The number of hydrogen-bond acceptors (Lipinski definition) is 5. The highest BCUT2D eigenvalue weighted by Crippen LogP contribution is 2.05. The lowest BCUT2D eigenvalue weighted by molar-refractivity contribution is 0.0520. The number of hydrogen-bond donors (Lipinski definition) is 2. The summed E-state index contributed by atoms with van der Waals surface area (Å²) < 4.78 is 6.43. The molecule has 0 aliphatic heterocycles. The third-order valence-corrected chi connectivity index (χ3v) is 2.27. The minimum atomic E-state index is -1.55. The largest absolute Gasteiger partial charge is 0.488 e. The van der Waals surface area contributed by atoms with Crippen LogP contribution in [0, 0.1) is 0 Å². The average molecular weight is 234 g/mol. The van der Waals surface area contributed by atoms with Crippen molar-refractivity contribution < 1.29 is 19.6 Å². The maximum atomic E-state index is 11.4. The van der Waals surface area contributed by atoms with Crippen LogP contribution in [0.25, 0.3) is 5.65 Å². The van der Waals surface area contributed by atoms with E-state index in [1.165, 1.54) is 18.3 Å². The molecule has 0 aliphatic carbocycles. The van der Waals surface area contributed by atoms with Crippen LogP contribution < -0.4 is 5.46 Å². The summed E-state index contributed by atoms with van der Waals surface area (Å²) in [6.07, 6.45) is 3.13. The molecule has 0 unspecified atom stereocenters. The van der Waals surface area contributed by atoms with Gasteiger partial charge in [0.1, 0.15) is 5.65 Å². The highest BCUT2D eigenvalue weighted by atomic mass is 16.5. The first-order valence-electron chi connectivity index (χ1n) is 5.13. The minimum Gasteiger partial charge on any atom is -0.461 e. The molecule has 0 spiro atoms. The van der Waals surface area contributed by atoms with E-state index in [2.05, 4.69) is 4.98 Å². The number of nitrogens with zero attached hydrogens (tertiary/aromatic N) is 2. The smallest absolute Gasteiger partial charge is 0.461 e. The van der Waals surface area contributed by atoms with Crippen LogP contribution in [0.5, 0.6) is 0 Å². The summed E-state index contributed by atoms with van der Waals surface area (Å²) in [5.41, 5.74) is 0.966. The summed E-state index contributed by atoms with van der Waals surface area (Å²) >= 11 is 0. The first-order valence-corrected chi connectivity index (χ1v) is 5.13. The molecule has 7 heteroatoms. The molecule has 2 N–H and O–H groups in total. The summed E-state index contributed by atoms with van der Waals surface area (Å²) in [6, 6.07) is 3.03. The molecular formula is C10H11BN2O4. The number of carbonyl (C=O) groups excluding carboxylic acids is 1. The van der Waals surface area contributed by atoms with E-state index < -0.39 is 13.1 Å². The fraction of sp³-hybridized carbons (Fsp3) is 0.200. The molecule has 6 nitrogen and oxygen atoms in total. The molecule has 0 atom stereocenters. The Bertz CT molecular complexity index is 552. The molecule has 2 aromatic heterocycles. The standard InChI is InChI=1S/C10H11BN2O4/c1-2-17-10(14)8-6-13-4-3-7(11(15)16)5-9(13)12-8/h3-6,15-16H,2H2,1H3. The lowest BCUT2D eigenvalue weighted by Crippen LogP contribution is -2.29. The Hall–Kier alpha value is -1.86. The molecule has 0 saturated heterocycles. The Kier molecular flexibility index (Phi) is 3.12. The summed E-state index contributed by atoms with van der Waals surface area (Å²) in [5.74, 6) is -0.498. The average Bonchev–Trinajstić information content (AvgIpc) is 2.71.